The van der Waals surface area contributed by atoms with Crippen molar-refractivity contribution >= 4 is 5.91 Å². The lowest BCUT2D eigenvalue weighted by Gasteiger charge is -2.09. The monoisotopic (exact) mass is 343 g/mol. The number of fused-ring (bicyclic) bond motifs is 1. The molecule has 0 bridgehead atoms. The van der Waals surface area contributed by atoms with Crippen molar-refractivity contribution in [3.63, 3.8) is 0 Å². The molecular formula is C19H25N3O3. The van der Waals surface area contributed by atoms with Crippen LogP contribution in [0.1, 0.15) is 42.0 Å². The van der Waals surface area contributed by atoms with Crippen molar-refractivity contribution in [1.29, 1.82) is 0 Å². The Morgan fingerprint density at radius 1 is 1.20 bits per heavy atom. The number of aromatic nitrogens is 2. The first-order valence-corrected chi connectivity index (χ1v) is 8.74. The lowest BCUT2D eigenvalue weighted by molar-refractivity contribution is -0.121. The Balaban J connectivity index is 1.49. The van der Waals surface area contributed by atoms with Crippen LogP contribution in [-0.2, 0) is 30.6 Å². The summed E-state index contributed by atoms with van der Waals surface area (Å²) in [4.78, 5) is 20.0. The summed E-state index contributed by atoms with van der Waals surface area (Å²) in [5.74, 6) is 2.24. The Morgan fingerprint density at radius 2 is 2.00 bits per heavy atom. The maximum Gasteiger partial charge on any atom is 0.220 e. The number of carbonyl (C=O) groups is 1. The van der Waals surface area contributed by atoms with Gasteiger partial charge in [-0.2, -0.15) is 0 Å². The molecule has 0 atom stereocenters. The number of imidazole rings is 1. The fourth-order valence-electron chi connectivity index (χ4n) is 3.16. The predicted molar refractivity (Wildman–Crippen MR) is 94.9 cm³/mol. The maximum absolute atomic E-state index is 12.1. The zero-order chi connectivity index (χ0) is 17.6. The van der Waals surface area contributed by atoms with Gasteiger partial charge in [0, 0.05) is 12.1 Å². The van der Waals surface area contributed by atoms with Crippen LogP contribution in [0.4, 0.5) is 0 Å². The van der Waals surface area contributed by atoms with Gasteiger partial charge >= 0.3 is 0 Å². The Hall–Kier alpha value is -2.50. The molecule has 1 aliphatic carbocycles. The van der Waals surface area contributed by atoms with E-state index in [2.05, 4.69) is 15.3 Å². The summed E-state index contributed by atoms with van der Waals surface area (Å²) in [6.07, 6.45) is 5.60. The molecular weight excluding hydrogens is 318 g/mol. The number of amides is 1. The summed E-state index contributed by atoms with van der Waals surface area (Å²) in [5.41, 5.74) is 3.45. The van der Waals surface area contributed by atoms with E-state index >= 15 is 0 Å². The molecule has 1 aromatic heterocycles. The molecule has 25 heavy (non-hydrogen) atoms. The van der Waals surface area contributed by atoms with Crippen LogP contribution in [-0.4, -0.2) is 30.1 Å². The fourth-order valence-corrected chi connectivity index (χ4v) is 3.16. The van der Waals surface area contributed by atoms with Crippen LogP contribution < -0.4 is 14.8 Å². The number of benzene rings is 1. The number of ether oxygens (including phenoxy) is 2. The molecule has 0 aliphatic heterocycles. The summed E-state index contributed by atoms with van der Waals surface area (Å²) in [6.45, 7) is 0.456. The van der Waals surface area contributed by atoms with E-state index in [1.165, 1.54) is 24.2 Å². The van der Waals surface area contributed by atoms with Crippen molar-refractivity contribution in [2.24, 2.45) is 0 Å². The van der Waals surface area contributed by atoms with Crippen LogP contribution >= 0.6 is 0 Å². The van der Waals surface area contributed by atoms with E-state index in [4.69, 9.17) is 9.47 Å². The fraction of sp³-hybridized carbons (Fsp3) is 0.474. The summed E-state index contributed by atoms with van der Waals surface area (Å²) in [7, 11) is 3.22. The molecule has 1 heterocycles. The van der Waals surface area contributed by atoms with Gasteiger partial charge in [-0.1, -0.05) is 6.07 Å². The number of hydrogen-bond donors (Lipinski definition) is 2. The number of methoxy groups -OCH3 is 2. The average molecular weight is 343 g/mol. The van der Waals surface area contributed by atoms with Crippen molar-refractivity contribution in [2.75, 3.05) is 14.2 Å². The molecule has 0 fully saturated rings. The second-order valence-electron chi connectivity index (χ2n) is 6.28. The van der Waals surface area contributed by atoms with E-state index in [1.54, 1.807) is 14.2 Å². The Labute approximate surface area is 147 Å². The topological polar surface area (TPSA) is 76.2 Å². The van der Waals surface area contributed by atoms with E-state index in [-0.39, 0.29) is 5.91 Å². The van der Waals surface area contributed by atoms with E-state index in [9.17, 15) is 4.79 Å². The van der Waals surface area contributed by atoms with Gasteiger partial charge in [0.2, 0.25) is 5.91 Å². The minimum absolute atomic E-state index is 0.0177. The molecule has 1 aromatic carbocycles. The lowest BCUT2D eigenvalue weighted by atomic mass is 10.0. The molecule has 6 heteroatoms. The molecule has 1 amide bonds. The Bertz CT molecular complexity index is 716. The van der Waals surface area contributed by atoms with Crippen molar-refractivity contribution in [3.8, 4) is 11.5 Å². The van der Waals surface area contributed by atoms with E-state index in [0.29, 0.717) is 30.9 Å². The van der Waals surface area contributed by atoms with Crippen molar-refractivity contribution in [2.45, 2.75) is 45.1 Å². The summed E-state index contributed by atoms with van der Waals surface area (Å²) in [5, 5.41) is 2.94. The quantitative estimate of drug-likeness (QED) is 0.810. The largest absolute Gasteiger partial charge is 0.493 e. The average Bonchev–Trinajstić information content (AvgIpc) is 3.07. The summed E-state index contributed by atoms with van der Waals surface area (Å²) >= 11 is 0. The van der Waals surface area contributed by atoms with Gasteiger partial charge < -0.3 is 19.8 Å². The third-order valence-electron chi connectivity index (χ3n) is 4.55. The Morgan fingerprint density at radius 3 is 2.76 bits per heavy atom. The van der Waals surface area contributed by atoms with Gasteiger partial charge in [0.05, 0.1) is 26.5 Å². The van der Waals surface area contributed by atoms with E-state index in [1.807, 2.05) is 18.2 Å². The van der Waals surface area contributed by atoms with Crippen molar-refractivity contribution in [3.05, 3.63) is 41.0 Å². The molecule has 1 aliphatic rings. The van der Waals surface area contributed by atoms with Crippen LogP contribution in [0.25, 0.3) is 0 Å². The van der Waals surface area contributed by atoms with Crippen LogP contribution in [0.5, 0.6) is 11.5 Å². The molecule has 2 aromatic rings. The highest BCUT2D eigenvalue weighted by Gasteiger charge is 2.14. The number of carbonyl (C=O) groups excluding carboxylic acids is 1. The van der Waals surface area contributed by atoms with Gasteiger partial charge in [-0.25, -0.2) is 4.98 Å². The highest BCUT2D eigenvalue weighted by molar-refractivity contribution is 5.76. The van der Waals surface area contributed by atoms with Crippen LogP contribution in [0.2, 0.25) is 0 Å². The minimum atomic E-state index is 0.0177. The Kier molecular flexibility index (Phi) is 5.58. The zero-order valence-electron chi connectivity index (χ0n) is 14.9. The number of rotatable bonds is 7. The predicted octanol–water partition coefficient (Wildman–Crippen LogP) is 2.55. The standard InChI is InChI=1S/C19H25N3O3/c1-24-16-9-7-13(11-17(16)25-2)8-10-19(23)20-12-18-21-14-5-3-4-6-15(14)22-18/h7,9,11H,3-6,8,10,12H2,1-2H3,(H,20,23)(H,21,22). The number of aromatic amines is 1. The zero-order valence-corrected chi connectivity index (χ0v) is 14.9. The third kappa shape index (κ3) is 4.32. The minimum Gasteiger partial charge on any atom is -0.493 e. The van der Waals surface area contributed by atoms with Crippen molar-refractivity contribution < 1.29 is 14.3 Å². The van der Waals surface area contributed by atoms with Gasteiger partial charge in [-0.3, -0.25) is 4.79 Å². The number of aryl methyl sites for hydroxylation is 3. The maximum atomic E-state index is 12.1. The van der Waals surface area contributed by atoms with Crippen LogP contribution in [0.3, 0.4) is 0 Å². The number of H-pyrrole nitrogens is 1. The normalized spacial score (nSPS) is 13.2. The molecule has 3 rings (SSSR count). The second-order valence-corrected chi connectivity index (χ2v) is 6.28. The molecule has 0 radical (unpaired) electrons. The van der Waals surface area contributed by atoms with E-state index < -0.39 is 0 Å². The lowest BCUT2D eigenvalue weighted by Crippen LogP contribution is -2.23. The van der Waals surface area contributed by atoms with E-state index in [0.717, 1.165) is 24.2 Å². The highest BCUT2D eigenvalue weighted by Crippen LogP contribution is 2.28. The molecule has 0 spiro atoms. The number of nitrogens with one attached hydrogen (secondary N) is 2. The molecule has 0 saturated carbocycles. The van der Waals surface area contributed by atoms with Gasteiger partial charge in [0.15, 0.2) is 11.5 Å². The molecule has 0 saturated heterocycles. The van der Waals surface area contributed by atoms with Gasteiger partial charge in [-0.15, -0.1) is 0 Å². The van der Waals surface area contributed by atoms with Crippen LogP contribution in [0, 0.1) is 0 Å². The first-order valence-electron chi connectivity index (χ1n) is 8.74. The summed E-state index contributed by atoms with van der Waals surface area (Å²) in [6, 6.07) is 5.72. The smallest absolute Gasteiger partial charge is 0.220 e. The first-order chi connectivity index (χ1) is 12.2. The molecule has 0 unspecified atom stereocenters. The molecule has 2 N–H and O–H groups in total. The summed E-state index contributed by atoms with van der Waals surface area (Å²) < 4.78 is 10.5. The molecule has 134 valence electrons. The van der Waals surface area contributed by atoms with Gasteiger partial charge in [0.25, 0.3) is 0 Å². The van der Waals surface area contributed by atoms with Gasteiger partial charge in [-0.05, 0) is 49.8 Å². The first kappa shape index (κ1) is 17.3. The number of hydrogen-bond acceptors (Lipinski definition) is 4. The SMILES string of the molecule is COc1ccc(CCC(=O)NCc2nc3c([nH]2)CCCC3)cc1OC. The third-order valence-corrected chi connectivity index (χ3v) is 4.55. The number of nitrogens with zero attached hydrogens (tertiary/aromatic N) is 1. The van der Waals surface area contributed by atoms with Crippen LogP contribution in [0.15, 0.2) is 18.2 Å². The highest BCUT2D eigenvalue weighted by atomic mass is 16.5. The van der Waals surface area contributed by atoms with Crippen molar-refractivity contribution in [1.82, 2.24) is 15.3 Å². The molecule has 6 nitrogen and oxygen atoms in total. The second kappa shape index (κ2) is 8.05. The van der Waals surface area contributed by atoms with Gasteiger partial charge in [0.1, 0.15) is 5.82 Å².